The Hall–Kier alpha value is 0.709. The van der Waals surface area contributed by atoms with Crippen molar-refractivity contribution in [1.82, 2.24) is 0 Å². The van der Waals surface area contributed by atoms with Crippen molar-refractivity contribution < 1.29 is 13.0 Å². The Morgan fingerprint density at radius 3 is 1.70 bits per heavy atom. The molecule has 0 spiro atoms. The summed E-state index contributed by atoms with van der Waals surface area (Å²) in [5.41, 5.74) is 0. The van der Waals surface area contributed by atoms with Crippen molar-refractivity contribution in [3.05, 3.63) is 0 Å². The molecule has 0 unspecified atom stereocenters. The maximum atomic E-state index is 8.59. The minimum atomic E-state index is -3.12. The first-order valence-corrected chi connectivity index (χ1v) is 13.4. The van der Waals surface area contributed by atoms with Gasteiger partial charge in [-0.1, -0.05) is 0 Å². The van der Waals surface area contributed by atoms with E-state index in [0.717, 1.165) is 0 Å². The maximum absolute atomic E-state index is 8.59. The predicted octanol–water partition coefficient (Wildman–Crippen LogP) is 0.954. The molecule has 0 amide bonds. The van der Waals surface area contributed by atoms with E-state index < -0.39 is 30.7 Å². The molecule has 0 aromatic rings. The molecule has 0 rings (SSSR count). The third-order valence-electron chi connectivity index (χ3n) is 0.866. The van der Waals surface area contributed by atoms with Gasteiger partial charge in [0.1, 0.15) is 0 Å². The van der Waals surface area contributed by atoms with Crippen LogP contribution in [0.1, 0.15) is 13.3 Å². The van der Waals surface area contributed by atoms with Crippen LogP contribution >= 0.6 is 0 Å². The van der Waals surface area contributed by atoms with Crippen molar-refractivity contribution in [2.45, 2.75) is 27.7 Å². The Balaban J connectivity index is 0. The minimum Gasteiger partial charge on any atom is -0.288 e. The van der Waals surface area contributed by atoms with Crippen LogP contribution in [0.5, 0.6) is 0 Å². The van der Waals surface area contributed by atoms with E-state index in [2.05, 4.69) is 16.8 Å². The molecule has 0 aromatic heterocycles. The topological polar surface area (TPSA) is 54.4 Å². The SMILES string of the molecule is CC[CH2][SnH]([CH3])[CH3].O=[SH](=O)O. The van der Waals surface area contributed by atoms with Crippen molar-refractivity contribution in [3.63, 3.8) is 0 Å². The number of thiol groups is 1. The Kier molecular flexibility index (Phi) is 12.9. The quantitative estimate of drug-likeness (QED) is 0.448. The summed E-state index contributed by atoms with van der Waals surface area (Å²) in [6.45, 7) is 2.27. The zero-order valence-electron chi connectivity index (χ0n) is 6.70. The molecule has 0 aromatic carbocycles. The van der Waals surface area contributed by atoms with E-state index in [1.54, 1.807) is 4.44 Å². The molecule has 0 aliphatic rings. The van der Waals surface area contributed by atoms with Crippen LogP contribution in [0.4, 0.5) is 0 Å². The molecule has 0 aliphatic carbocycles. The molecule has 64 valence electrons. The minimum absolute atomic E-state index is 0.718. The summed E-state index contributed by atoms with van der Waals surface area (Å²) in [5, 5.41) is 0. The third kappa shape index (κ3) is 37.6. The normalized spacial score (nSPS) is 9.40. The van der Waals surface area contributed by atoms with Gasteiger partial charge >= 0.3 is 47.4 Å². The average molecular weight is 275 g/mol. The molecular weight excluding hydrogens is 259 g/mol. The fourth-order valence-electron chi connectivity index (χ4n) is 0.577. The molecule has 3 nitrogen and oxygen atoms in total. The Bertz CT molecular complexity index is 114. The number of hydrogen-bond donors (Lipinski definition) is 2. The van der Waals surface area contributed by atoms with Gasteiger partial charge in [0.05, 0.1) is 0 Å². The maximum Gasteiger partial charge on any atom is 0.254 e. The van der Waals surface area contributed by atoms with E-state index in [4.69, 9.17) is 13.0 Å². The van der Waals surface area contributed by atoms with Crippen molar-refractivity contribution in [1.29, 1.82) is 0 Å². The molecule has 1 N–H and O–H groups in total. The van der Waals surface area contributed by atoms with E-state index in [1.165, 1.54) is 6.42 Å². The van der Waals surface area contributed by atoms with Crippen LogP contribution < -0.4 is 0 Å². The van der Waals surface area contributed by atoms with Crippen LogP contribution in [-0.2, 0) is 11.0 Å². The van der Waals surface area contributed by atoms with Crippen molar-refractivity contribution >= 4 is 30.7 Å². The monoisotopic (exact) mass is 276 g/mol. The van der Waals surface area contributed by atoms with Crippen molar-refractivity contribution in [3.8, 4) is 0 Å². The molecule has 0 saturated heterocycles. The fraction of sp³-hybridized carbons (Fsp3) is 1.00. The van der Waals surface area contributed by atoms with Gasteiger partial charge in [-0.15, -0.1) is 0 Å². The molecule has 10 heavy (non-hydrogen) atoms. The summed E-state index contributed by atoms with van der Waals surface area (Å²) in [7, 11) is -3.12. The Morgan fingerprint density at radius 2 is 1.70 bits per heavy atom. The van der Waals surface area contributed by atoms with Gasteiger partial charge in [0, 0.05) is 0 Å². The van der Waals surface area contributed by atoms with Gasteiger partial charge in [-0.05, 0) is 0 Å². The average Bonchev–Trinajstić information content (AvgIpc) is 1.62. The zero-order chi connectivity index (χ0) is 8.57. The van der Waals surface area contributed by atoms with E-state index in [9.17, 15) is 0 Å². The van der Waals surface area contributed by atoms with Crippen molar-refractivity contribution in [2.75, 3.05) is 0 Å². The van der Waals surface area contributed by atoms with E-state index in [0.29, 0.717) is 0 Å². The molecule has 0 fully saturated rings. The third-order valence-corrected chi connectivity index (χ3v) is 5.81. The van der Waals surface area contributed by atoms with Gasteiger partial charge in [0.15, 0.2) is 0 Å². The second-order valence-corrected chi connectivity index (χ2v) is 12.5. The largest absolute Gasteiger partial charge is 0.288 e. The molecule has 0 bridgehead atoms. The summed E-state index contributed by atoms with van der Waals surface area (Å²) in [5.74, 6) is 0. The number of rotatable bonds is 2. The van der Waals surface area contributed by atoms with Gasteiger partial charge in [-0.3, -0.25) is 4.55 Å². The Labute approximate surface area is 71.3 Å². The van der Waals surface area contributed by atoms with E-state index in [-0.39, 0.29) is 0 Å². The summed E-state index contributed by atoms with van der Waals surface area (Å²) >= 11 is -0.718. The Morgan fingerprint density at radius 1 is 1.40 bits per heavy atom. The van der Waals surface area contributed by atoms with Gasteiger partial charge in [-0.25, -0.2) is 8.42 Å². The predicted molar refractivity (Wildman–Crippen MR) is 46.9 cm³/mol. The van der Waals surface area contributed by atoms with Crippen molar-refractivity contribution in [2.24, 2.45) is 0 Å². The molecule has 0 aliphatic heterocycles. The van der Waals surface area contributed by atoms with E-state index >= 15 is 0 Å². The van der Waals surface area contributed by atoms with Crippen LogP contribution in [-0.4, -0.2) is 32.7 Å². The summed E-state index contributed by atoms with van der Waals surface area (Å²) in [6, 6.07) is 0. The van der Waals surface area contributed by atoms with Crippen LogP contribution in [0, 0.1) is 0 Å². The molecule has 0 atom stereocenters. The van der Waals surface area contributed by atoms with Gasteiger partial charge in [-0.2, -0.15) is 0 Å². The second kappa shape index (κ2) is 9.71. The summed E-state index contributed by atoms with van der Waals surface area (Å²) < 4.78 is 25.8. The standard InChI is InChI=1S/C3H7.2CH3.H2O3S.Sn.H/c1-3-2;;;1-4(2)3;;/h1,3H2,2H3;2*1H3;4H,(H,1,2,3);;. The smallest absolute Gasteiger partial charge is 0.254 e. The van der Waals surface area contributed by atoms with Crippen LogP contribution in [0.15, 0.2) is 0 Å². The first kappa shape index (κ1) is 13.3. The number of hydrogen-bond acceptors (Lipinski definition) is 2. The molecular formula is C5H16O3SSn. The molecule has 0 saturated carbocycles. The van der Waals surface area contributed by atoms with Gasteiger partial charge < -0.3 is 0 Å². The van der Waals surface area contributed by atoms with Crippen LogP contribution in [0.3, 0.4) is 0 Å². The molecule has 0 heterocycles. The first-order valence-electron chi connectivity index (χ1n) is 3.34. The molecule has 5 heteroatoms. The second-order valence-electron chi connectivity index (χ2n) is 2.42. The summed E-state index contributed by atoms with van der Waals surface area (Å²) in [4.78, 5) is 4.93. The fourth-order valence-corrected chi connectivity index (χ4v) is 3.87. The first-order chi connectivity index (χ1) is 4.50. The molecule has 0 radical (unpaired) electrons. The van der Waals surface area contributed by atoms with E-state index in [1.807, 2.05) is 0 Å². The van der Waals surface area contributed by atoms with Gasteiger partial charge in [0.25, 0.3) is 11.0 Å². The van der Waals surface area contributed by atoms with Crippen LogP contribution in [0.2, 0.25) is 14.3 Å². The summed E-state index contributed by atoms with van der Waals surface area (Å²) in [6.07, 6.45) is 1.42. The zero-order valence-corrected chi connectivity index (χ0v) is 10.9. The van der Waals surface area contributed by atoms with Gasteiger partial charge in [0.2, 0.25) is 0 Å². The van der Waals surface area contributed by atoms with Crippen LogP contribution in [0.25, 0.3) is 0 Å².